The van der Waals surface area contributed by atoms with Gasteiger partial charge in [-0.2, -0.15) is 0 Å². The molecule has 0 bridgehead atoms. The van der Waals surface area contributed by atoms with E-state index in [1.54, 1.807) is 7.11 Å². The van der Waals surface area contributed by atoms with Crippen LogP contribution in [0.2, 0.25) is 0 Å². The number of methoxy groups -OCH3 is 1. The highest BCUT2D eigenvalue weighted by Gasteiger charge is 2.07. The van der Waals surface area contributed by atoms with Crippen molar-refractivity contribution in [3.63, 3.8) is 0 Å². The highest BCUT2D eigenvalue weighted by Crippen LogP contribution is 1.89. The molecule has 2 N–H and O–H groups in total. The highest BCUT2D eigenvalue weighted by atomic mass is 16.5. The molecule has 0 spiro atoms. The standard InChI is InChI=1S/C10H23N3O/c1-14-10-2-3-11-4-7-13-8-5-12-6-9-13/h11-12H,2-10H2,1H3. The van der Waals surface area contributed by atoms with Crippen LogP contribution in [0.1, 0.15) is 6.42 Å². The third-order valence-electron chi connectivity index (χ3n) is 2.52. The zero-order valence-corrected chi connectivity index (χ0v) is 9.22. The van der Waals surface area contributed by atoms with Crippen molar-refractivity contribution in [1.82, 2.24) is 15.5 Å². The van der Waals surface area contributed by atoms with Gasteiger partial charge < -0.3 is 15.4 Å². The summed E-state index contributed by atoms with van der Waals surface area (Å²) >= 11 is 0. The summed E-state index contributed by atoms with van der Waals surface area (Å²) in [4.78, 5) is 2.50. The third kappa shape index (κ3) is 5.54. The van der Waals surface area contributed by atoms with Crippen LogP contribution < -0.4 is 10.6 Å². The number of nitrogens with one attached hydrogen (secondary N) is 2. The minimum Gasteiger partial charge on any atom is -0.385 e. The summed E-state index contributed by atoms with van der Waals surface area (Å²) in [6, 6.07) is 0. The van der Waals surface area contributed by atoms with Crippen molar-refractivity contribution >= 4 is 0 Å². The number of ether oxygens (including phenoxy) is 1. The second kappa shape index (κ2) is 8.17. The average Bonchev–Trinajstić information content (AvgIpc) is 2.25. The Kier molecular flexibility index (Phi) is 6.95. The number of nitrogens with zero attached hydrogens (tertiary/aromatic N) is 1. The van der Waals surface area contributed by atoms with E-state index in [4.69, 9.17) is 4.74 Å². The van der Waals surface area contributed by atoms with Crippen molar-refractivity contribution in [2.24, 2.45) is 0 Å². The molecule has 0 aromatic rings. The van der Waals surface area contributed by atoms with Crippen LogP contribution in [0.25, 0.3) is 0 Å². The molecule has 0 unspecified atom stereocenters. The van der Waals surface area contributed by atoms with Crippen LogP contribution in [0.4, 0.5) is 0 Å². The molecular weight excluding hydrogens is 178 g/mol. The summed E-state index contributed by atoms with van der Waals surface area (Å²) in [6.07, 6.45) is 1.11. The van der Waals surface area contributed by atoms with Gasteiger partial charge in [0.25, 0.3) is 0 Å². The second-order valence-corrected chi connectivity index (χ2v) is 3.69. The lowest BCUT2D eigenvalue weighted by molar-refractivity contribution is 0.193. The normalized spacial score (nSPS) is 18.6. The van der Waals surface area contributed by atoms with Crippen molar-refractivity contribution in [3.05, 3.63) is 0 Å². The van der Waals surface area contributed by atoms with Crippen molar-refractivity contribution in [2.45, 2.75) is 6.42 Å². The van der Waals surface area contributed by atoms with E-state index in [2.05, 4.69) is 15.5 Å². The molecule has 1 saturated heterocycles. The van der Waals surface area contributed by atoms with E-state index in [0.717, 1.165) is 39.2 Å². The van der Waals surface area contributed by atoms with E-state index < -0.39 is 0 Å². The van der Waals surface area contributed by atoms with Gasteiger partial charge in [-0.15, -0.1) is 0 Å². The van der Waals surface area contributed by atoms with E-state index in [0.29, 0.717) is 0 Å². The van der Waals surface area contributed by atoms with Gasteiger partial charge in [-0.25, -0.2) is 0 Å². The molecule has 0 aromatic heterocycles. The minimum absolute atomic E-state index is 0.862. The number of hydrogen-bond donors (Lipinski definition) is 2. The van der Waals surface area contributed by atoms with Gasteiger partial charge >= 0.3 is 0 Å². The van der Waals surface area contributed by atoms with Crippen LogP contribution >= 0.6 is 0 Å². The van der Waals surface area contributed by atoms with Crippen LogP contribution in [-0.2, 0) is 4.74 Å². The first kappa shape index (κ1) is 11.9. The molecule has 4 heteroatoms. The maximum atomic E-state index is 4.98. The molecule has 0 aromatic carbocycles. The average molecular weight is 201 g/mol. The highest BCUT2D eigenvalue weighted by molar-refractivity contribution is 4.67. The van der Waals surface area contributed by atoms with Gasteiger partial charge in [-0.3, -0.25) is 4.90 Å². The molecule has 4 nitrogen and oxygen atoms in total. The molecule has 0 aliphatic carbocycles. The topological polar surface area (TPSA) is 36.5 Å². The lowest BCUT2D eigenvalue weighted by Gasteiger charge is -2.27. The first-order valence-electron chi connectivity index (χ1n) is 5.56. The van der Waals surface area contributed by atoms with Gasteiger partial charge in [-0.05, 0) is 13.0 Å². The fourth-order valence-corrected chi connectivity index (χ4v) is 1.64. The molecule has 1 aliphatic rings. The molecule has 14 heavy (non-hydrogen) atoms. The lowest BCUT2D eigenvalue weighted by atomic mass is 10.3. The zero-order valence-electron chi connectivity index (χ0n) is 9.22. The van der Waals surface area contributed by atoms with E-state index in [1.807, 2.05) is 0 Å². The Bertz CT molecular complexity index is 127. The Morgan fingerprint density at radius 1 is 1.29 bits per heavy atom. The maximum absolute atomic E-state index is 4.98. The number of hydrogen-bond acceptors (Lipinski definition) is 4. The number of piperazine rings is 1. The molecular formula is C10H23N3O. The van der Waals surface area contributed by atoms with Crippen LogP contribution in [0.15, 0.2) is 0 Å². The second-order valence-electron chi connectivity index (χ2n) is 3.69. The maximum Gasteiger partial charge on any atom is 0.0474 e. The molecule has 0 radical (unpaired) electrons. The first-order valence-corrected chi connectivity index (χ1v) is 5.56. The van der Waals surface area contributed by atoms with Crippen molar-refractivity contribution in [3.8, 4) is 0 Å². The zero-order chi connectivity index (χ0) is 10.1. The van der Waals surface area contributed by atoms with Gasteiger partial charge in [0.05, 0.1) is 0 Å². The molecule has 0 saturated carbocycles. The summed E-state index contributed by atoms with van der Waals surface area (Å²) in [5.74, 6) is 0. The van der Waals surface area contributed by atoms with Gasteiger partial charge in [0.1, 0.15) is 0 Å². The van der Waals surface area contributed by atoms with Crippen LogP contribution in [0.5, 0.6) is 0 Å². The van der Waals surface area contributed by atoms with Gasteiger partial charge in [-0.1, -0.05) is 0 Å². The fourth-order valence-electron chi connectivity index (χ4n) is 1.64. The predicted octanol–water partition coefficient (Wildman–Crippen LogP) is -0.482. The van der Waals surface area contributed by atoms with Gasteiger partial charge in [0, 0.05) is 53.0 Å². The molecule has 0 atom stereocenters. The fraction of sp³-hybridized carbons (Fsp3) is 1.00. The summed E-state index contributed by atoms with van der Waals surface area (Å²) in [5, 5.41) is 6.78. The Morgan fingerprint density at radius 3 is 2.79 bits per heavy atom. The van der Waals surface area contributed by atoms with Gasteiger partial charge in [0.2, 0.25) is 0 Å². The van der Waals surface area contributed by atoms with Crippen LogP contribution in [0.3, 0.4) is 0 Å². The predicted molar refractivity (Wildman–Crippen MR) is 58.7 cm³/mol. The monoisotopic (exact) mass is 201 g/mol. The van der Waals surface area contributed by atoms with Crippen molar-refractivity contribution < 1.29 is 4.74 Å². The quantitative estimate of drug-likeness (QED) is 0.545. The third-order valence-corrected chi connectivity index (χ3v) is 2.52. The van der Waals surface area contributed by atoms with E-state index in [1.165, 1.54) is 19.6 Å². The van der Waals surface area contributed by atoms with Crippen molar-refractivity contribution in [2.75, 3.05) is 59.5 Å². The molecule has 1 aliphatic heterocycles. The first-order chi connectivity index (χ1) is 6.93. The van der Waals surface area contributed by atoms with Crippen molar-refractivity contribution in [1.29, 1.82) is 0 Å². The summed E-state index contributed by atoms with van der Waals surface area (Å²) < 4.78 is 4.98. The van der Waals surface area contributed by atoms with Crippen LogP contribution in [-0.4, -0.2) is 64.4 Å². The molecule has 84 valence electrons. The SMILES string of the molecule is COCCCNCCN1CCNCC1. The summed E-state index contributed by atoms with van der Waals surface area (Å²) in [6.45, 7) is 8.88. The molecule has 1 rings (SSSR count). The minimum atomic E-state index is 0.862. The molecule has 1 heterocycles. The lowest BCUT2D eigenvalue weighted by Crippen LogP contribution is -2.45. The van der Waals surface area contributed by atoms with Crippen LogP contribution in [0, 0.1) is 0 Å². The van der Waals surface area contributed by atoms with E-state index in [9.17, 15) is 0 Å². The number of rotatable bonds is 7. The largest absolute Gasteiger partial charge is 0.385 e. The Morgan fingerprint density at radius 2 is 2.07 bits per heavy atom. The molecule has 1 fully saturated rings. The smallest absolute Gasteiger partial charge is 0.0474 e. The van der Waals surface area contributed by atoms with Gasteiger partial charge in [0.15, 0.2) is 0 Å². The Labute approximate surface area is 87.0 Å². The molecule has 0 amide bonds. The Hall–Kier alpha value is -0.160. The summed E-state index contributed by atoms with van der Waals surface area (Å²) in [7, 11) is 1.75. The van der Waals surface area contributed by atoms with E-state index >= 15 is 0 Å². The summed E-state index contributed by atoms with van der Waals surface area (Å²) in [5.41, 5.74) is 0. The Balaban J connectivity index is 1.82. The van der Waals surface area contributed by atoms with E-state index in [-0.39, 0.29) is 0 Å².